The summed E-state index contributed by atoms with van der Waals surface area (Å²) in [4.78, 5) is 16.7. The van der Waals surface area contributed by atoms with Gasteiger partial charge in [0.15, 0.2) is 0 Å². The van der Waals surface area contributed by atoms with Crippen molar-refractivity contribution in [1.82, 2.24) is 24.6 Å². The second kappa shape index (κ2) is 5.71. The van der Waals surface area contributed by atoms with Crippen LogP contribution in [0.3, 0.4) is 0 Å². The molecule has 21 heavy (non-hydrogen) atoms. The van der Waals surface area contributed by atoms with Gasteiger partial charge in [-0.1, -0.05) is 6.92 Å². The maximum Gasteiger partial charge on any atom is 0.254 e. The summed E-state index contributed by atoms with van der Waals surface area (Å²) in [6.45, 7) is 3.70. The van der Waals surface area contributed by atoms with Crippen molar-refractivity contribution < 1.29 is 4.79 Å². The third-order valence-electron chi connectivity index (χ3n) is 4.09. The molecular formula is C15H21N5O. The first-order valence-electron chi connectivity index (χ1n) is 7.48. The fraction of sp³-hybridized carbons (Fsp3) is 0.533. The maximum absolute atomic E-state index is 12.3. The van der Waals surface area contributed by atoms with Crippen LogP contribution in [0.15, 0.2) is 18.6 Å². The summed E-state index contributed by atoms with van der Waals surface area (Å²) < 4.78 is 3.89. The minimum Gasteiger partial charge on any atom is -0.352 e. The molecule has 3 heterocycles. The fourth-order valence-electron chi connectivity index (χ4n) is 2.91. The molecule has 0 spiro atoms. The molecule has 2 aromatic rings. The summed E-state index contributed by atoms with van der Waals surface area (Å²) >= 11 is 0. The van der Waals surface area contributed by atoms with E-state index in [1.807, 2.05) is 26.4 Å². The average molecular weight is 287 g/mol. The van der Waals surface area contributed by atoms with E-state index in [1.54, 1.807) is 10.9 Å². The Labute approximate surface area is 124 Å². The number of nitrogens with one attached hydrogen (secondary N) is 1. The van der Waals surface area contributed by atoms with E-state index in [0.29, 0.717) is 18.0 Å². The van der Waals surface area contributed by atoms with Gasteiger partial charge in [-0.15, -0.1) is 0 Å². The second-order valence-electron chi connectivity index (χ2n) is 5.62. The highest BCUT2D eigenvalue weighted by Gasteiger charge is 2.21. The predicted octanol–water partition coefficient (Wildman–Crippen LogP) is 1.17. The lowest BCUT2D eigenvalue weighted by molar-refractivity contribution is 0.0943. The summed E-state index contributed by atoms with van der Waals surface area (Å²) in [5.74, 6) is 1.57. The van der Waals surface area contributed by atoms with Gasteiger partial charge in [0.1, 0.15) is 5.82 Å². The highest BCUT2D eigenvalue weighted by molar-refractivity contribution is 5.95. The van der Waals surface area contributed by atoms with E-state index in [2.05, 4.69) is 20.0 Å². The van der Waals surface area contributed by atoms with E-state index < -0.39 is 0 Å². The molecule has 0 saturated heterocycles. The molecule has 0 radical (unpaired) electrons. The van der Waals surface area contributed by atoms with E-state index >= 15 is 0 Å². The van der Waals surface area contributed by atoms with Crippen LogP contribution < -0.4 is 5.32 Å². The molecular weight excluding hydrogens is 266 g/mol. The minimum atomic E-state index is -0.0196. The zero-order valence-electron chi connectivity index (χ0n) is 12.5. The molecule has 112 valence electrons. The van der Waals surface area contributed by atoms with Gasteiger partial charge in [-0.2, -0.15) is 5.10 Å². The molecule has 3 rings (SSSR count). The molecule has 1 amide bonds. The van der Waals surface area contributed by atoms with E-state index in [0.717, 1.165) is 37.3 Å². The van der Waals surface area contributed by atoms with Crippen LogP contribution in [0.1, 0.15) is 35.2 Å². The van der Waals surface area contributed by atoms with Crippen LogP contribution in [0.25, 0.3) is 0 Å². The van der Waals surface area contributed by atoms with Crippen molar-refractivity contribution in [2.45, 2.75) is 32.7 Å². The number of amides is 1. The average Bonchev–Trinajstić information content (AvgIpc) is 3.09. The summed E-state index contributed by atoms with van der Waals surface area (Å²) in [7, 11) is 1.84. The summed E-state index contributed by atoms with van der Waals surface area (Å²) in [6, 6.07) is 0. The van der Waals surface area contributed by atoms with Crippen molar-refractivity contribution in [1.29, 1.82) is 0 Å². The fourth-order valence-corrected chi connectivity index (χ4v) is 2.91. The molecule has 0 saturated carbocycles. The minimum absolute atomic E-state index is 0.0196. The molecule has 1 N–H and O–H groups in total. The lowest BCUT2D eigenvalue weighted by Crippen LogP contribution is -2.33. The Morgan fingerprint density at radius 1 is 1.52 bits per heavy atom. The van der Waals surface area contributed by atoms with Gasteiger partial charge >= 0.3 is 0 Å². The molecule has 0 bridgehead atoms. The molecule has 0 aliphatic carbocycles. The van der Waals surface area contributed by atoms with Crippen LogP contribution in [0.4, 0.5) is 0 Å². The number of hydrogen-bond donors (Lipinski definition) is 1. The SMILES string of the molecule is CCc1nn(C)cc1C(=O)NC[C@@H]1CCn2ccnc2C1. The lowest BCUT2D eigenvalue weighted by atomic mass is 9.97. The topological polar surface area (TPSA) is 64.7 Å². The van der Waals surface area contributed by atoms with Crippen molar-refractivity contribution in [2.75, 3.05) is 6.54 Å². The van der Waals surface area contributed by atoms with Gasteiger partial charge in [-0.05, 0) is 18.8 Å². The van der Waals surface area contributed by atoms with E-state index in [-0.39, 0.29) is 5.91 Å². The highest BCUT2D eigenvalue weighted by Crippen LogP contribution is 2.18. The number of rotatable bonds is 4. The number of aryl methyl sites for hydroxylation is 3. The first-order valence-corrected chi connectivity index (χ1v) is 7.48. The van der Waals surface area contributed by atoms with Crippen LogP contribution in [0.5, 0.6) is 0 Å². The van der Waals surface area contributed by atoms with Gasteiger partial charge in [0, 0.05) is 45.1 Å². The lowest BCUT2D eigenvalue weighted by Gasteiger charge is -2.23. The van der Waals surface area contributed by atoms with Crippen molar-refractivity contribution >= 4 is 5.91 Å². The zero-order valence-corrected chi connectivity index (χ0v) is 12.5. The first-order chi connectivity index (χ1) is 10.2. The molecule has 1 aliphatic rings. The number of imidazole rings is 1. The van der Waals surface area contributed by atoms with Crippen molar-refractivity contribution in [3.8, 4) is 0 Å². The largest absolute Gasteiger partial charge is 0.352 e. The first kappa shape index (κ1) is 13.9. The predicted molar refractivity (Wildman–Crippen MR) is 79.0 cm³/mol. The van der Waals surface area contributed by atoms with Crippen LogP contribution in [-0.2, 0) is 26.4 Å². The molecule has 6 nitrogen and oxygen atoms in total. The number of carbonyl (C=O) groups excluding carboxylic acids is 1. The summed E-state index contributed by atoms with van der Waals surface area (Å²) in [5.41, 5.74) is 1.55. The Kier molecular flexibility index (Phi) is 3.77. The Morgan fingerprint density at radius 2 is 2.38 bits per heavy atom. The Balaban J connectivity index is 1.59. The summed E-state index contributed by atoms with van der Waals surface area (Å²) in [5, 5.41) is 7.36. The Morgan fingerprint density at radius 3 is 3.19 bits per heavy atom. The van der Waals surface area contributed by atoms with Gasteiger partial charge in [-0.25, -0.2) is 4.98 Å². The van der Waals surface area contributed by atoms with Gasteiger partial charge in [-0.3, -0.25) is 9.48 Å². The molecule has 0 unspecified atom stereocenters. The van der Waals surface area contributed by atoms with E-state index in [4.69, 9.17) is 0 Å². The number of nitrogens with zero attached hydrogens (tertiary/aromatic N) is 4. The van der Waals surface area contributed by atoms with Crippen LogP contribution in [-0.4, -0.2) is 31.8 Å². The van der Waals surface area contributed by atoms with Gasteiger partial charge in [0.05, 0.1) is 11.3 Å². The third-order valence-corrected chi connectivity index (χ3v) is 4.09. The van der Waals surface area contributed by atoms with Crippen LogP contribution in [0, 0.1) is 5.92 Å². The Hall–Kier alpha value is -2.11. The van der Waals surface area contributed by atoms with E-state index in [1.165, 1.54) is 0 Å². The smallest absolute Gasteiger partial charge is 0.254 e. The molecule has 2 aromatic heterocycles. The normalized spacial score (nSPS) is 17.5. The highest BCUT2D eigenvalue weighted by atomic mass is 16.1. The number of hydrogen-bond acceptors (Lipinski definition) is 3. The maximum atomic E-state index is 12.3. The van der Waals surface area contributed by atoms with Crippen LogP contribution >= 0.6 is 0 Å². The molecule has 1 aliphatic heterocycles. The Bertz CT molecular complexity index is 642. The third kappa shape index (κ3) is 2.84. The second-order valence-corrected chi connectivity index (χ2v) is 5.62. The van der Waals surface area contributed by atoms with Crippen molar-refractivity contribution in [2.24, 2.45) is 13.0 Å². The van der Waals surface area contributed by atoms with Crippen molar-refractivity contribution in [3.63, 3.8) is 0 Å². The van der Waals surface area contributed by atoms with E-state index in [9.17, 15) is 4.79 Å². The van der Waals surface area contributed by atoms with Gasteiger partial charge in [0.25, 0.3) is 5.91 Å². The van der Waals surface area contributed by atoms with Gasteiger partial charge < -0.3 is 9.88 Å². The molecule has 0 fully saturated rings. The molecule has 0 aromatic carbocycles. The van der Waals surface area contributed by atoms with Crippen molar-refractivity contribution in [3.05, 3.63) is 35.7 Å². The zero-order chi connectivity index (χ0) is 14.8. The monoisotopic (exact) mass is 287 g/mol. The number of fused-ring (bicyclic) bond motifs is 1. The number of carbonyl (C=O) groups is 1. The molecule has 6 heteroatoms. The standard InChI is InChI=1S/C15H21N5O/c1-3-13-12(10-19(2)18-13)15(21)17-9-11-4-6-20-7-5-16-14(20)8-11/h5,7,10-11H,3-4,6,8-9H2,1-2H3,(H,17,21)/t11-/m1/s1. The van der Waals surface area contributed by atoms with Gasteiger partial charge in [0.2, 0.25) is 0 Å². The summed E-state index contributed by atoms with van der Waals surface area (Å²) in [6.07, 6.45) is 8.44. The quantitative estimate of drug-likeness (QED) is 0.918. The molecule has 1 atom stereocenters. The van der Waals surface area contributed by atoms with Crippen LogP contribution in [0.2, 0.25) is 0 Å². The number of aromatic nitrogens is 4.